The summed E-state index contributed by atoms with van der Waals surface area (Å²) in [4.78, 5) is 2.50. The van der Waals surface area contributed by atoms with Gasteiger partial charge in [0.1, 0.15) is 0 Å². The zero-order valence-corrected chi connectivity index (χ0v) is 13.9. The van der Waals surface area contributed by atoms with Crippen LogP contribution in [0, 0.1) is 0 Å². The molecule has 0 spiro atoms. The molecule has 1 atom stereocenters. The molecule has 1 saturated heterocycles. The van der Waals surface area contributed by atoms with Crippen LogP contribution in [0.5, 0.6) is 0 Å². The average Bonchev–Trinajstić information content (AvgIpc) is 2.55. The van der Waals surface area contributed by atoms with Gasteiger partial charge in [0.2, 0.25) is 0 Å². The number of anilines is 1. The van der Waals surface area contributed by atoms with Crippen LogP contribution in [0.15, 0.2) is 27.1 Å². The largest absolute Gasteiger partial charge is 0.369 e. The van der Waals surface area contributed by atoms with Crippen LogP contribution in [0.2, 0.25) is 0 Å². The van der Waals surface area contributed by atoms with Gasteiger partial charge in [-0.2, -0.15) is 0 Å². The van der Waals surface area contributed by atoms with Crippen LogP contribution in [-0.4, -0.2) is 25.7 Å². The SMILES string of the molecule is CCCC1CN(c2ccc(Br)cc2Br)CCCN1. The van der Waals surface area contributed by atoms with Crippen molar-refractivity contribution in [2.75, 3.05) is 24.5 Å². The number of halogens is 2. The molecule has 0 amide bonds. The van der Waals surface area contributed by atoms with Gasteiger partial charge in [0, 0.05) is 28.1 Å². The minimum atomic E-state index is 0.619. The summed E-state index contributed by atoms with van der Waals surface area (Å²) in [5.41, 5.74) is 1.31. The van der Waals surface area contributed by atoms with Crippen LogP contribution >= 0.6 is 31.9 Å². The topological polar surface area (TPSA) is 15.3 Å². The second kappa shape index (κ2) is 6.92. The third kappa shape index (κ3) is 3.72. The van der Waals surface area contributed by atoms with Gasteiger partial charge in [-0.05, 0) is 53.5 Å². The maximum Gasteiger partial charge on any atom is 0.0511 e. The van der Waals surface area contributed by atoms with Crippen molar-refractivity contribution in [2.45, 2.75) is 32.2 Å². The van der Waals surface area contributed by atoms with E-state index in [0.29, 0.717) is 6.04 Å². The van der Waals surface area contributed by atoms with Crippen molar-refractivity contribution in [1.82, 2.24) is 5.32 Å². The van der Waals surface area contributed by atoms with E-state index in [0.717, 1.165) is 24.1 Å². The molecule has 1 aliphatic heterocycles. The van der Waals surface area contributed by atoms with Gasteiger partial charge in [-0.25, -0.2) is 0 Å². The van der Waals surface area contributed by atoms with E-state index in [4.69, 9.17) is 0 Å². The Balaban J connectivity index is 2.14. The molecule has 18 heavy (non-hydrogen) atoms. The van der Waals surface area contributed by atoms with Gasteiger partial charge in [0.25, 0.3) is 0 Å². The van der Waals surface area contributed by atoms with Crippen LogP contribution in [0.4, 0.5) is 5.69 Å². The van der Waals surface area contributed by atoms with E-state index < -0.39 is 0 Å². The van der Waals surface area contributed by atoms with E-state index >= 15 is 0 Å². The summed E-state index contributed by atoms with van der Waals surface area (Å²) in [5.74, 6) is 0. The number of hydrogen-bond acceptors (Lipinski definition) is 2. The zero-order valence-electron chi connectivity index (χ0n) is 10.8. The predicted octanol–water partition coefficient (Wildman–Crippen LogP) is 4.18. The molecule has 1 aromatic rings. The highest BCUT2D eigenvalue weighted by Crippen LogP contribution is 2.30. The normalized spacial score (nSPS) is 20.8. The molecule has 1 N–H and O–H groups in total. The molecule has 2 nitrogen and oxygen atoms in total. The molecule has 0 bridgehead atoms. The lowest BCUT2D eigenvalue weighted by Crippen LogP contribution is -2.37. The maximum atomic E-state index is 3.67. The van der Waals surface area contributed by atoms with Crippen molar-refractivity contribution in [3.8, 4) is 0 Å². The summed E-state index contributed by atoms with van der Waals surface area (Å²) in [7, 11) is 0. The lowest BCUT2D eigenvalue weighted by atomic mass is 10.1. The number of benzene rings is 1. The molecule has 1 aromatic carbocycles. The minimum absolute atomic E-state index is 0.619. The molecule has 2 rings (SSSR count). The summed E-state index contributed by atoms with van der Waals surface area (Å²) in [5, 5.41) is 3.65. The van der Waals surface area contributed by atoms with E-state index in [1.54, 1.807) is 0 Å². The molecule has 0 saturated carbocycles. The fraction of sp³-hybridized carbons (Fsp3) is 0.571. The predicted molar refractivity (Wildman–Crippen MR) is 85.4 cm³/mol. The lowest BCUT2D eigenvalue weighted by Gasteiger charge is -2.27. The third-order valence-electron chi connectivity index (χ3n) is 3.37. The molecule has 4 heteroatoms. The average molecular weight is 376 g/mol. The Kier molecular flexibility index (Phi) is 5.52. The molecule has 0 radical (unpaired) electrons. The Labute approximate surface area is 126 Å². The Bertz CT molecular complexity index is 395. The van der Waals surface area contributed by atoms with E-state index in [-0.39, 0.29) is 0 Å². The summed E-state index contributed by atoms with van der Waals surface area (Å²) >= 11 is 7.19. The monoisotopic (exact) mass is 374 g/mol. The van der Waals surface area contributed by atoms with Crippen molar-refractivity contribution in [1.29, 1.82) is 0 Å². The van der Waals surface area contributed by atoms with E-state index in [2.05, 4.69) is 67.2 Å². The highest BCUT2D eigenvalue weighted by Gasteiger charge is 2.18. The quantitative estimate of drug-likeness (QED) is 0.852. The maximum absolute atomic E-state index is 3.67. The highest BCUT2D eigenvalue weighted by molar-refractivity contribution is 9.11. The summed E-state index contributed by atoms with van der Waals surface area (Å²) < 4.78 is 2.30. The van der Waals surface area contributed by atoms with Crippen molar-refractivity contribution in [3.05, 3.63) is 27.1 Å². The second-order valence-electron chi connectivity index (χ2n) is 4.84. The molecule has 1 aliphatic rings. The molecule has 100 valence electrons. The van der Waals surface area contributed by atoms with Gasteiger partial charge in [-0.3, -0.25) is 0 Å². The Morgan fingerprint density at radius 1 is 1.39 bits per heavy atom. The van der Waals surface area contributed by atoms with Gasteiger partial charge in [0.15, 0.2) is 0 Å². The number of rotatable bonds is 3. The van der Waals surface area contributed by atoms with Crippen LogP contribution in [0.25, 0.3) is 0 Å². The lowest BCUT2D eigenvalue weighted by molar-refractivity contribution is 0.502. The standard InChI is InChI=1S/C14H20Br2N2/c1-2-4-12-10-18(8-3-7-17-12)14-6-5-11(15)9-13(14)16/h5-6,9,12,17H,2-4,7-8,10H2,1H3. The first-order valence-electron chi connectivity index (χ1n) is 6.64. The molecule has 0 aliphatic carbocycles. The first-order valence-corrected chi connectivity index (χ1v) is 8.22. The van der Waals surface area contributed by atoms with Crippen LogP contribution in [-0.2, 0) is 0 Å². The first kappa shape index (κ1) is 14.4. The van der Waals surface area contributed by atoms with Crippen LogP contribution in [0.3, 0.4) is 0 Å². The molecular weight excluding hydrogens is 356 g/mol. The molecular formula is C14H20Br2N2. The third-order valence-corrected chi connectivity index (χ3v) is 4.49. The van der Waals surface area contributed by atoms with Crippen LogP contribution < -0.4 is 10.2 Å². The zero-order chi connectivity index (χ0) is 13.0. The van der Waals surface area contributed by atoms with Gasteiger partial charge in [-0.15, -0.1) is 0 Å². The molecule has 1 unspecified atom stereocenters. The fourth-order valence-electron chi connectivity index (χ4n) is 2.50. The van der Waals surface area contributed by atoms with Gasteiger partial charge in [-0.1, -0.05) is 29.3 Å². The first-order chi connectivity index (χ1) is 8.70. The van der Waals surface area contributed by atoms with E-state index in [1.165, 1.54) is 29.4 Å². The molecule has 1 fully saturated rings. The Morgan fingerprint density at radius 3 is 2.94 bits per heavy atom. The summed E-state index contributed by atoms with van der Waals surface area (Å²) in [6.07, 6.45) is 3.71. The Hall–Kier alpha value is -0.0600. The van der Waals surface area contributed by atoms with Crippen molar-refractivity contribution in [2.24, 2.45) is 0 Å². The number of nitrogens with zero attached hydrogens (tertiary/aromatic N) is 1. The van der Waals surface area contributed by atoms with Gasteiger partial charge in [0.05, 0.1) is 5.69 Å². The van der Waals surface area contributed by atoms with Gasteiger partial charge >= 0.3 is 0 Å². The van der Waals surface area contributed by atoms with E-state index in [9.17, 15) is 0 Å². The van der Waals surface area contributed by atoms with E-state index in [1.807, 2.05) is 0 Å². The Morgan fingerprint density at radius 2 is 2.22 bits per heavy atom. The van der Waals surface area contributed by atoms with Crippen molar-refractivity contribution in [3.63, 3.8) is 0 Å². The van der Waals surface area contributed by atoms with Crippen molar-refractivity contribution >= 4 is 37.5 Å². The molecule has 0 aromatic heterocycles. The minimum Gasteiger partial charge on any atom is -0.369 e. The summed E-state index contributed by atoms with van der Waals surface area (Å²) in [6.45, 7) is 5.63. The number of nitrogens with one attached hydrogen (secondary N) is 1. The smallest absolute Gasteiger partial charge is 0.0511 e. The highest BCUT2D eigenvalue weighted by atomic mass is 79.9. The molecule has 1 heterocycles. The van der Waals surface area contributed by atoms with Crippen molar-refractivity contribution < 1.29 is 0 Å². The number of hydrogen-bond donors (Lipinski definition) is 1. The van der Waals surface area contributed by atoms with Gasteiger partial charge < -0.3 is 10.2 Å². The summed E-state index contributed by atoms with van der Waals surface area (Å²) in [6, 6.07) is 7.06. The fourth-order valence-corrected chi connectivity index (χ4v) is 3.79. The second-order valence-corrected chi connectivity index (χ2v) is 6.61. The van der Waals surface area contributed by atoms with Crippen LogP contribution in [0.1, 0.15) is 26.2 Å².